The van der Waals surface area contributed by atoms with Crippen LogP contribution in [-0.4, -0.2) is 17.6 Å². The summed E-state index contributed by atoms with van der Waals surface area (Å²) in [5.41, 5.74) is 11.3. The summed E-state index contributed by atoms with van der Waals surface area (Å²) in [7, 11) is 0. The second-order valence-electron chi connectivity index (χ2n) is 2.42. The highest BCUT2D eigenvalue weighted by molar-refractivity contribution is 5.87. The average molecular weight is 190 g/mol. The minimum Gasteiger partial charge on any atom is -0.351 e. The van der Waals surface area contributed by atoms with Gasteiger partial charge in [-0.05, 0) is 18.1 Å². The van der Waals surface area contributed by atoms with Gasteiger partial charge in [0.2, 0.25) is 0 Å². The number of hydrogen-bond donors (Lipinski definition) is 3. The third-order valence-electron chi connectivity index (χ3n) is 1.35. The molecule has 0 spiro atoms. The summed E-state index contributed by atoms with van der Waals surface area (Å²) in [4.78, 5) is 14.5. The van der Waals surface area contributed by atoms with Gasteiger partial charge in [-0.25, -0.2) is 9.78 Å². The zero-order valence-corrected chi connectivity index (χ0v) is 7.45. The fraction of sp³-hybridized carbons (Fsp3) is 0.111. The Bertz CT molecular complexity index is 391. The predicted octanol–water partition coefficient (Wildman–Crippen LogP) is -0.118. The third-order valence-corrected chi connectivity index (χ3v) is 1.35. The van der Waals surface area contributed by atoms with Crippen molar-refractivity contribution in [2.24, 2.45) is 11.5 Å². The molecule has 0 bridgehead atoms. The molecule has 5 N–H and O–H groups in total. The highest BCUT2D eigenvalue weighted by atomic mass is 16.2. The van der Waals surface area contributed by atoms with Crippen molar-refractivity contribution in [3.8, 4) is 11.8 Å². The van der Waals surface area contributed by atoms with Crippen LogP contribution >= 0.6 is 0 Å². The molecule has 0 unspecified atom stereocenters. The first-order chi connectivity index (χ1) is 6.72. The van der Waals surface area contributed by atoms with Gasteiger partial charge in [0.25, 0.3) is 0 Å². The molecule has 5 heteroatoms. The van der Waals surface area contributed by atoms with Gasteiger partial charge in [0.1, 0.15) is 5.69 Å². The number of hydrogen-bond acceptors (Lipinski definition) is 3. The Morgan fingerprint density at radius 1 is 1.64 bits per heavy atom. The normalized spacial score (nSPS) is 8.64. The topological polar surface area (TPSA) is 94.0 Å². The number of carbonyl (C=O) groups is 1. The summed E-state index contributed by atoms with van der Waals surface area (Å²) >= 11 is 0. The number of aromatic nitrogens is 1. The van der Waals surface area contributed by atoms with Crippen molar-refractivity contribution in [1.82, 2.24) is 4.98 Å². The monoisotopic (exact) mass is 190 g/mol. The van der Waals surface area contributed by atoms with Crippen LogP contribution in [0, 0.1) is 11.8 Å². The van der Waals surface area contributed by atoms with Gasteiger partial charge < -0.3 is 16.8 Å². The van der Waals surface area contributed by atoms with E-state index >= 15 is 0 Å². The maximum Gasteiger partial charge on any atom is 0.316 e. The fourth-order valence-electron chi connectivity index (χ4n) is 0.861. The molecule has 0 aliphatic rings. The van der Waals surface area contributed by atoms with Gasteiger partial charge in [-0.1, -0.05) is 5.92 Å². The molecule has 72 valence electrons. The van der Waals surface area contributed by atoms with Crippen molar-refractivity contribution in [3.63, 3.8) is 0 Å². The van der Waals surface area contributed by atoms with Gasteiger partial charge in [0.15, 0.2) is 0 Å². The lowest BCUT2D eigenvalue weighted by Gasteiger charge is -2.00. The van der Waals surface area contributed by atoms with Crippen LogP contribution in [0.1, 0.15) is 5.69 Å². The number of amides is 2. The minimum atomic E-state index is -0.617. The average Bonchev–Trinajstić information content (AvgIpc) is 2.14. The van der Waals surface area contributed by atoms with E-state index in [1.807, 2.05) is 0 Å². The fourth-order valence-corrected chi connectivity index (χ4v) is 0.861. The Balaban J connectivity index is 2.84. The zero-order chi connectivity index (χ0) is 10.4. The lowest BCUT2D eigenvalue weighted by Crippen LogP contribution is -2.19. The van der Waals surface area contributed by atoms with Gasteiger partial charge in [-0.15, -0.1) is 0 Å². The molecule has 14 heavy (non-hydrogen) atoms. The highest BCUT2D eigenvalue weighted by Gasteiger charge is 1.96. The Kier molecular flexibility index (Phi) is 3.47. The molecule has 0 aromatic carbocycles. The molecule has 0 saturated heterocycles. The van der Waals surface area contributed by atoms with E-state index in [9.17, 15) is 4.79 Å². The number of primary amides is 1. The van der Waals surface area contributed by atoms with Crippen LogP contribution in [0.15, 0.2) is 18.3 Å². The summed E-state index contributed by atoms with van der Waals surface area (Å²) in [6, 6.07) is 2.63. The van der Waals surface area contributed by atoms with Crippen molar-refractivity contribution in [2.45, 2.75) is 0 Å². The lowest BCUT2D eigenvalue weighted by molar-refractivity contribution is 0.259. The van der Waals surface area contributed by atoms with E-state index in [2.05, 4.69) is 22.1 Å². The van der Waals surface area contributed by atoms with Crippen LogP contribution in [-0.2, 0) is 0 Å². The Morgan fingerprint density at radius 3 is 3.07 bits per heavy atom. The van der Waals surface area contributed by atoms with Crippen LogP contribution in [0.25, 0.3) is 0 Å². The number of pyridine rings is 1. The summed E-state index contributed by atoms with van der Waals surface area (Å²) in [5, 5.41) is 2.42. The van der Waals surface area contributed by atoms with E-state index in [-0.39, 0.29) is 6.54 Å². The number of anilines is 1. The van der Waals surface area contributed by atoms with Crippen molar-refractivity contribution in [3.05, 3.63) is 24.0 Å². The molecule has 0 aliphatic heterocycles. The molecule has 0 saturated carbocycles. The van der Waals surface area contributed by atoms with Crippen molar-refractivity contribution in [1.29, 1.82) is 0 Å². The maximum atomic E-state index is 10.5. The quantitative estimate of drug-likeness (QED) is 0.539. The number of urea groups is 1. The van der Waals surface area contributed by atoms with Crippen molar-refractivity contribution in [2.75, 3.05) is 11.9 Å². The van der Waals surface area contributed by atoms with Crippen LogP contribution in [0.3, 0.4) is 0 Å². The van der Waals surface area contributed by atoms with E-state index < -0.39 is 6.03 Å². The first kappa shape index (κ1) is 10.0. The largest absolute Gasteiger partial charge is 0.351 e. The van der Waals surface area contributed by atoms with E-state index in [0.717, 1.165) is 0 Å². The van der Waals surface area contributed by atoms with E-state index in [1.54, 1.807) is 12.1 Å². The molecule has 1 aromatic rings. The van der Waals surface area contributed by atoms with Gasteiger partial charge in [0.05, 0.1) is 6.54 Å². The molecule has 2 amide bonds. The highest BCUT2D eigenvalue weighted by Crippen LogP contribution is 2.06. The van der Waals surface area contributed by atoms with E-state index in [4.69, 9.17) is 11.5 Å². The van der Waals surface area contributed by atoms with Gasteiger partial charge in [-0.3, -0.25) is 0 Å². The number of carbonyl (C=O) groups excluding carboxylic acids is 1. The number of nitrogens with zero attached hydrogens (tertiary/aromatic N) is 1. The molecule has 1 heterocycles. The zero-order valence-electron chi connectivity index (χ0n) is 7.45. The smallest absolute Gasteiger partial charge is 0.316 e. The molecule has 0 atom stereocenters. The summed E-state index contributed by atoms with van der Waals surface area (Å²) < 4.78 is 0. The van der Waals surface area contributed by atoms with Gasteiger partial charge in [-0.2, -0.15) is 0 Å². The lowest BCUT2D eigenvalue weighted by atomic mass is 10.3. The number of rotatable bonds is 1. The molecule has 1 rings (SSSR count). The van der Waals surface area contributed by atoms with Crippen LogP contribution < -0.4 is 16.8 Å². The first-order valence-electron chi connectivity index (χ1n) is 3.94. The Morgan fingerprint density at radius 2 is 2.43 bits per heavy atom. The van der Waals surface area contributed by atoms with Crippen molar-refractivity contribution < 1.29 is 4.79 Å². The van der Waals surface area contributed by atoms with Crippen molar-refractivity contribution >= 4 is 11.7 Å². The van der Waals surface area contributed by atoms with Crippen LogP contribution in [0.4, 0.5) is 10.5 Å². The summed E-state index contributed by atoms with van der Waals surface area (Å²) in [6.45, 7) is 0.273. The molecule has 0 aliphatic carbocycles. The van der Waals surface area contributed by atoms with E-state index in [0.29, 0.717) is 11.4 Å². The molecule has 1 aromatic heterocycles. The molecular weight excluding hydrogens is 180 g/mol. The molecular formula is C9H10N4O. The van der Waals surface area contributed by atoms with Gasteiger partial charge >= 0.3 is 6.03 Å². The summed E-state index contributed by atoms with van der Waals surface area (Å²) in [6.07, 6.45) is 1.53. The van der Waals surface area contributed by atoms with Gasteiger partial charge in [0, 0.05) is 11.9 Å². The second kappa shape index (κ2) is 4.84. The van der Waals surface area contributed by atoms with Crippen LogP contribution in [0.5, 0.6) is 0 Å². The predicted molar refractivity (Wildman–Crippen MR) is 53.4 cm³/mol. The molecule has 5 nitrogen and oxygen atoms in total. The molecule has 0 radical (unpaired) electrons. The third kappa shape index (κ3) is 3.13. The second-order valence-corrected chi connectivity index (χ2v) is 2.42. The standard InChI is InChI=1S/C9H10N4O/c10-4-1-2-7-6-8(3-5-12-7)13-9(11)14/h3,5-6H,4,10H2,(H3,11,12,13,14). The SMILES string of the molecule is NCC#Cc1cc(NC(N)=O)ccn1. The Labute approximate surface area is 81.5 Å². The minimum absolute atomic E-state index is 0.273. The molecule has 0 fully saturated rings. The van der Waals surface area contributed by atoms with E-state index in [1.165, 1.54) is 6.20 Å². The number of nitrogens with one attached hydrogen (secondary N) is 1. The maximum absolute atomic E-state index is 10.5. The number of nitrogens with two attached hydrogens (primary N) is 2. The first-order valence-corrected chi connectivity index (χ1v) is 3.94. The van der Waals surface area contributed by atoms with Crippen LogP contribution in [0.2, 0.25) is 0 Å². The summed E-state index contributed by atoms with van der Waals surface area (Å²) in [5.74, 6) is 5.40. The Hall–Kier alpha value is -2.06.